The van der Waals surface area contributed by atoms with Crippen LogP contribution in [-0.2, 0) is 10.5 Å². The normalized spacial score (nSPS) is 10.3. The number of carbonyl (C=O) groups is 1. The Labute approximate surface area is 142 Å². The van der Waals surface area contributed by atoms with Crippen LogP contribution in [0.1, 0.15) is 16.7 Å². The molecule has 0 saturated heterocycles. The molecule has 0 aliphatic rings. The van der Waals surface area contributed by atoms with E-state index < -0.39 is 0 Å². The zero-order valence-electron chi connectivity index (χ0n) is 13.7. The van der Waals surface area contributed by atoms with Crippen LogP contribution in [0.15, 0.2) is 48.5 Å². The molecule has 0 spiro atoms. The molecule has 0 aliphatic carbocycles. The van der Waals surface area contributed by atoms with E-state index >= 15 is 0 Å². The van der Waals surface area contributed by atoms with Crippen molar-refractivity contribution in [2.24, 2.45) is 0 Å². The van der Waals surface area contributed by atoms with Gasteiger partial charge in [-0.3, -0.25) is 4.79 Å². The lowest BCUT2D eigenvalue weighted by Gasteiger charge is -2.09. The summed E-state index contributed by atoms with van der Waals surface area (Å²) in [5.41, 5.74) is 3.63. The van der Waals surface area contributed by atoms with Gasteiger partial charge in [0.05, 0.1) is 0 Å². The molecule has 2 aromatic rings. The molecule has 4 heteroatoms. The van der Waals surface area contributed by atoms with Crippen molar-refractivity contribution in [2.75, 3.05) is 18.9 Å². The first-order valence-electron chi connectivity index (χ1n) is 7.73. The van der Waals surface area contributed by atoms with E-state index in [0.717, 1.165) is 22.8 Å². The van der Waals surface area contributed by atoms with Crippen molar-refractivity contribution in [3.8, 4) is 5.75 Å². The van der Waals surface area contributed by atoms with Crippen LogP contribution < -0.4 is 10.1 Å². The molecule has 0 aliphatic heterocycles. The van der Waals surface area contributed by atoms with E-state index in [2.05, 4.69) is 36.5 Å². The fourth-order valence-electron chi connectivity index (χ4n) is 2.05. The van der Waals surface area contributed by atoms with Crippen LogP contribution in [0.25, 0.3) is 0 Å². The summed E-state index contributed by atoms with van der Waals surface area (Å²) in [6, 6.07) is 16.2. The lowest BCUT2D eigenvalue weighted by Crippen LogP contribution is -2.30. The molecule has 122 valence electrons. The maximum absolute atomic E-state index is 11.8. The van der Waals surface area contributed by atoms with E-state index in [1.54, 1.807) is 0 Å². The first-order chi connectivity index (χ1) is 11.1. The zero-order valence-corrected chi connectivity index (χ0v) is 14.5. The van der Waals surface area contributed by atoms with E-state index in [0.29, 0.717) is 6.54 Å². The number of rotatable bonds is 8. The molecule has 0 unspecified atom stereocenters. The van der Waals surface area contributed by atoms with Gasteiger partial charge in [0.15, 0.2) is 6.61 Å². The Morgan fingerprint density at radius 3 is 2.57 bits per heavy atom. The maximum Gasteiger partial charge on any atom is 0.257 e. The van der Waals surface area contributed by atoms with Gasteiger partial charge in [0, 0.05) is 18.1 Å². The molecule has 0 bridgehead atoms. The number of nitrogens with one attached hydrogen (secondary N) is 1. The number of benzene rings is 2. The molecule has 2 rings (SSSR count). The number of para-hydroxylation sites is 1. The molecule has 1 amide bonds. The number of thioether (sulfide) groups is 1. The van der Waals surface area contributed by atoms with Gasteiger partial charge in [-0.2, -0.15) is 11.8 Å². The second kappa shape index (κ2) is 9.26. The Morgan fingerprint density at radius 2 is 1.83 bits per heavy atom. The van der Waals surface area contributed by atoms with E-state index in [1.807, 2.05) is 43.0 Å². The van der Waals surface area contributed by atoms with E-state index in [-0.39, 0.29) is 12.5 Å². The van der Waals surface area contributed by atoms with Gasteiger partial charge in [0.1, 0.15) is 5.75 Å². The number of carbonyl (C=O) groups excluding carboxylic acids is 1. The summed E-state index contributed by atoms with van der Waals surface area (Å²) < 4.78 is 5.52. The minimum atomic E-state index is -0.0795. The monoisotopic (exact) mass is 329 g/mol. The highest BCUT2D eigenvalue weighted by Gasteiger charge is 2.03. The summed E-state index contributed by atoms with van der Waals surface area (Å²) in [5, 5.41) is 2.88. The van der Waals surface area contributed by atoms with Gasteiger partial charge >= 0.3 is 0 Å². The van der Waals surface area contributed by atoms with E-state index in [1.165, 1.54) is 11.1 Å². The standard InChI is InChI=1S/C19H23NO2S/c1-15-7-9-17(10-8-15)14-23-12-11-20-19(21)13-22-18-6-4-3-5-16(18)2/h3-10H,11-14H2,1-2H3,(H,20,21). The van der Waals surface area contributed by atoms with Gasteiger partial charge in [-0.25, -0.2) is 0 Å². The predicted octanol–water partition coefficient (Wildman–Crippen LogP) is 3.73. The average Bonchev–Trinajstić information content (AvgIpc) is 2.55. The molecule has 23 heavy (non-hydrogen) atoms. The number of hydrogen-bond acceptors (Lipinski definition) is 3. The van der Waals surface area contributed by atoms with Crippen molar-refractivity contribution in [1.29, 1.82) is 0 Å². The predicted molar refractivity (Wildman–Crippen MR) is 97.0 cm³/mol. The van der Waals surface area contributed by atoms with Crippen molar-refractivity contribution in [2.45, 2.75) is 19.6 Å². The average molecular weight is 329 g/mol. The second-order valence-electron chi connectivity index (χ2n) is 5.44. The van der Waals surface area contributed by atoms with Gasteiger partial charge < -0.3 is 10.1 Å². The van der Waals surface area contributed by atoms with Crippen molar-refractivity contribution in [3.63, 3.8) is 0 Å². The lowest BCUT2D eigenvalue weighted by atomic mass is 10.2. The van der Waals surface area contributed by atoms with Crippen molar-refractivity contribution in [3.05, 3.63) is 65.2 Å². The van der Waals surface area contributed by atoms with Gasteiger partial charge in [-0.15, -0.1) is 0 Å². The molecule has 0 atom stereocenters. The molecule has 2 aromatic carbocycles. The Hall–Kier alpha value is -1.94. The highest BCUT2D eigenvalue weighted by Crippen LogP contribution is 2.15. The topological polar surface area (TPSA) is 38.3 Å². The third-order valence-electron chi connectivity index (χ3n) is 3.41. The number of amides is 1. The third kappa shape index (κ3) is 6.37. The smallest absolute Gasteiger partial charge is 0.257 e. The van der Waals surface area contributed by atoms with Crippen molar-refractivity contribution in [1.82, 2.24) is 5.32 Å². The fraction of sp³-hybridized carbons (Fsp3) is 0.316. The van der Waals surface area contributed by atoms with Crippen LogP contribution in [0.5, 0.6) is 5.75 Å². The first kappa shape index (κ1) is 17.4. The van der Waals surface area contributed by atoms with Crippen LogP contribution in [0.4, 0.5) is 0 Å². The zero-order chi connectivity index (χ0) is 16.5. The first-order valence-corrected chi connectivity index (χ1v) is 8.89. The molecule has 0 heterocycles. The molecule has 0 aromatic heterocycles. The van der Waals surface area contributed by atoms with Crippen LogP contribution in [-0.4, -0.2) is 24.8 Å². The Balaban J connectivity index is 1.58. The van der Waals surface area contributed by atoms with Crippen LogP contribution in [0.2, 0.25) is 0 Å². The van der Waals surface area contributed by atoms with Crippen LogP contribution >= 0.6 is 11.8 Å². The number of ether oxygens (including phenoxy) is 1. The summed E-state index contributed by atoms with van der Waals surface area (Å²) in [5.74, 6) is 2.54. The SMILES string of the molecule is Cc1ccc(CSCCNC(=O)COc2ccccc2C)cc1. The van der Waals surface area contributed by atoms with Gasteiger partial charge in [-0.05, 0) is 31.0 Å². The molecule has 0 fully saturated rings. The molecular formula is C19H23NO2S. The summed E-state index contributed by atoms with van der Waals surface area (Å²) in [7, 11) is 0. The maximum atomic E-state index is 11.8. The van der Waals surface area contributed by atoms with Gasteiger partial charge in [0.25, 0.3) is 5.91 Å². The Bertz CT molecular complexity index is 626. The Kier molecular flexibility index (Phi) is 7.01. The van der Waals surface area contributed by atoms with E-state index in [9.17, 15) is 4.79 Å². The van der Waals surface area contributed by atoms with Gasteiger partial charge in [0.2, 0.25) is 0 Å². The minimum absolute atomic E-state index is 0.0630. The fourth-order valence-corrected chi connectivity index (χ4v) is 2.87. The summed E-state index contributed by atoms with van der Waals surface area (Å²) in [6.07, 6.45) is 0. The summed E-state index contributed by atoms with van der Waals surface area (Å²) in [4.78, 5) is 11.8. The molecule has 0 radical (unpaired) electrons. The third-order valence-corrected chi connectivity index (χ3v) is 4.44. The molecule has 3 nitrogen and oxygen atoms in total. The quantitative estimate of drug-likeness (QED) is 0.750. The summed E-state index contributed by atoms with van der Waals surface area (Å²) >= 11 is 1.82. The van der Waals surface area contributed by atoms with Crippen LogP contribution in [0, 0.1) is 13.8 Å². The molecular weight excluding hydrogens is 306 g/mol. The highest BCUT2D eigenvalue weighted by molar-refractivity contribution is 7.98. The molecule has 0 saturated carbocycles. The van der Waals surface area contributed by atoms with Crippen molar-refractivity contribution >= 4 is 17.7 Å². The number of aryl methyl sites for hydroxylation is 2. The number of hydrogen-bond donors (Lipinski definition) is 1. The minimum Gasteiger partial charge on any atom is -0.484 e. The van der Waals surface area contributed by atoms with Gasteiger partial charge in [-0.1, -0.05) is 48.0 Å². The van der Waals surface area contributed by atoms with Crippen molar-refractivity contribution < 1.29 is 9.53 Å². The largest absolute Gasteiger partial charge is 0.484 e. The summed E-state index contributed by atoms with van der Waals surface area (Å²) in [6.45, 7) is 4.78. The van der Waals surface area contributed by atoms with Crippen LogP contribution in [0.3, 0.4) is 0 Å². The van der Waals surface area contributed by atoms with E-state index in [4.69, 9.17) is 4.74 Å². The molecule has 1 N–H and O–H groups in total. The Morgan fingerprint density at radius 1 is 1.09 bits per heavy atom. The lowest BCUT2D eigenvalue weighted by molar-refractivity contribution is -0.122. The second-order valence-corrected chi connectivity index (χ2v) is 6.55. The highest BCUT2D eigenvalue weighted by atomic mass is 32.2.